The number of nitrogens with two attached hydrogens (primary N) is 1. The molecule has 0 aliphatic heterocycles. The molecule has 0 unspecified atom stereocenters. The molecule has 128 valence electrons. The number of aryl methyl sites for hydroxylation is 2. The number of anilines is 2. The molecule has 25 heavy (non-hydrogen) atoms. The van der Waals surface area contributed by atoms with Crippen molar-refractivity contribution in [3.8, 4) is 0 Å². The summed E-state index contributed by atoms with van der Waals surface area (Å²) in [6, 6.07) is 8.16. The number of allylic oxidation sites excluding steroid dienone is 1. The maximum atomic E-state index is 7.48. The molecule has 3 N–H and O–H groups in total. The molecule has 0 radical (unpaired) electrons. The Hall–Kier alpha value is -3.15. The van der Waals surface area contributed by atoms with Crippen LogP contribution >= 0.6 is 0 Å². The van der Waals surface area contributed by atoms with Crippen LogP contribution in [0.4, 0.5) is 11.5 Å². The summed E-state index contributed by atoms with van der Waals surface area (Å²) < 4.78 is 1.99. The van der Waals surface area contributed by atoms with Crippen LogP contribution in [0.25, 0.3) is 16.6 Å². The van der Waals surface area contributed by atoms with E-state index in [1.165, 1.54) is 18.0 Å². The highest BCUT2D eigenvalue weighted by molar-refractivity contribution is 6.08. The van der Waals surface area contributed by atoms with Gasteiger partial charge in [0, 0.05) is 43.8 Å². The maximum absolute atomic E-state index is 7.48. The SMILES string of the molecule is CCc1cc(/C(C=N)=C/N)ccc1N(C)c1cc2c(cn1)ncn2C. The van der Waals surface area contributed by atoms with Crippen LogP contribution < -0.4 is 10.6 Å². The first-order valence-corrected chi connectivity index (χ1v) is 8.15. The number of pyridine rings is 1. The number of nitrogens with zero attached hydrogens (tertiary/aromatic N) is 4. The number of fused-ring (bicyclic) bond motifs is 1. The van der Waals surface area contributed by atoms with Gasteiger partial charge in [-0.25, -0.2) is 9.97 Å². The fourth-order valence-electron chi connectivity index (χ4n) is 2.93. The van der Waals surface area contributed by atoms with E-state index in [-0.39, 0.29) is 0 Å². The Morgan fingerprint density at radius 2 is 2.12 bits per heavy atom. The van der Waals surface area contributed by atoms with E-state index in [0.29, 0.717) is 5.57 Å². The van der Waals surface area contributed by atoms with Crippen molar-refractivity contribution in [2.45, 2.75) is 13.3 Å². The van der Waals surface area contributed by atoms with Gasteiger partial charge in [-0.1, -0.05) is 13.0 Å². The molecule has 0 saturated heterocycles. The number of aromatic nitrogens is 3. The third-order valence-corrected chi connectivity index (χ3v) is 4.43. The number of hydrogen-bond acceptors (Lipinski definition) is 5. The zero-order chi connectivity index (χ0) is 18.0. The van der Waals surface area contributed by atoms with Crippen LogP contribution in [0.3, 0.4) is 0 Å². The number of benzene rings is 1. The summed E-state index contributed by atoms with van der Waals surface area (Å²) in [6.07, 6.45) is 7.20. The minimum absolute atomic E-state index is 0.707. The highest BCUT2D eigenvalue weighted by atomic mass is 15.2. The molecule has 3 rings (SSSR count). The van der Waals surface area contributed by atoms with Crippen LogP contribution in [-0.4, -0.2) is 27.8 Å². The largest absolute Gasteiger partial charge is 0.404 e. The zero-order valence-corrected chi connectivity index (χ0v) is 14.7. The van der Waals surface area contributed by atoms with Gasteiger partial charge in [0.2, 0.25) is 0 Å². The molecular formula is C19H22N6. The highest BCUT2D eigenvalue weighted by Crippen LogP contribution is 2.30. The molecule has 0 fully saturated rings. The van der Waals surface area contributed by atoms with Crippen molar-refractivity contribution in [3.05, 3.63) is 54.1 Å². The lowest BCUT2D eigenvalue weighted by molar-refractivity contribution is 0.946. The quantitative estimate of drug-likeness (QED) is 0.702. The topological polar surface area (TPSA) is 83.8 Å². The second kappa shape index (κ2) is 6.76. The predicted molar refractivity (Wildman–Crippen MR) is 103 cm³/mol. The molecule has 0 spiro atoms. The van der Waals surface area contributed by atoms with Crippen LogP contribution in [0.1, 0.15) is 18.1 Å². The lowest BCUT2D eigenvalue weighted by Gasteiger charge is -2.22. The number of imidazole rings is 1. The Bertz CT molecular complexity index is 954. The van der Waals surface area contributed by atoms with Gasteiger partial charge >= 0.3 is 0 Å². The van der Waals surface area contributed by atoms with Gasteiger partial charge in [-0.15, -0.1) is 0 Å². The van der Waals surface area contributed by atoms with E-state index in [1.807, 2.05) is 30.8 Å². The van der Waals surface area contributed by atoms with Gasteiger partial charge in [-0.05, 0) is 29.7 Å². The van der Waals surface area contributed by atoms with Gasteiger partial charge in [-0.2, -0.15) is 0 Å². The van der Waals surface area contributed by atoms with Crippen molar-refractivity contribution in [3.63, 3.8) is 0 Å². The average Bonchev–Trinajstić information content (AvgIpc) is 3.02. The van der Waals surface area contributed by atoms with Crippen molar-refractivity contribution < 1.29 is 0 Å². The normalized spacial score (nSPS) is 11.7. The van der Waals surface area contributed by atoms with Gasteiger partial charge < -0.3 is 20.6 Å². The molecule has 0 amide bonds. The standard InChI is InChI=1S/C19H22N6/c1-4-13-7-14(15(9-20)10-21)5-6-17(13)25(3)19-8-18-16(11-22-19)23-12-24(18)2/h5-12,20H,4,21H2,1-3H3/b15-10+,20-9?. The second-order valence-electron chi connectivity index (χ2n) is 5.91. The van der Waals surface area contributed by atoms with Gasteiger partial charge in [-0.3, -0.25) is 0 Å². The van der Waals surface area contributed by atoms with E-state index in [9.17, 15) is 0 Å². The van der Waals surface area contributed by atoms with Crippen molar-refractivity contribution in [2.24, 2.45) is 12.8 Å². The Morgan fingerprint density at radius 1 is 1.32 bits per heavy atom. The smallest absolute Gasteiger partial charge is 0.134 e. The molecule has 1 aromatic carbocycles. The van der Waals surface area contributed by atoms with Crippen LogP contribution in [0.5, 0.6) is 0 Å². The van der Waals surface area contributed by atoms with E-state index in [1.54, 1.807) is 12.5 Å². The minimum atomic E-state index is 0.707. The Labute approximate surface area is 147 Å². The van der Waals surface area contributed by atoms with Crippen molar-refractivity contribution in [2.75, 3.05) is 11.9 Å². The van der Waals surface area contributed by atoms with Crippen molar-refractivity contribution >= 4 is 34.3 Å². The molecule has 0 saturated carbocycles. The Kier molecular flexibility index (Phi) is 4.52. The summed E-state index contributed by atoms with van der Waals surface area (Å²) in [6.45, 7) is 2.12. The van der Waals surface area contributed by atoms with Gasteiger partial charge in [0.25, 0.3) is 0 Å². The van der Waals surface area contributed by atoms with E-state index in [2.05, 4.69) is 33.9 Å². The van der Waals surface area contributed by atoms with Gasteiger partial charge in [0.05, 0.1) is 18.0 Å². The molecule has 2 heterocycles. The zero-order valence-electron chi connectivity index (χ0n) is 14.7. The monoisotopic (exact) mass is 334 g/mol. The molecule has 0 bridgehead atoms. The third-order valence-electron chi connectivity index (χ3n) is 4.43. The van der Waals surface area contributed by atoms with Crippen LogP contribution in [0, 0.1) is 5.41 Å². The van der Waals surface area contributed by atoms with Gasteiger partial charge in [0.15, 0.2) is 0 Å². The lowest BCUT2D eigenvalue weighted by Crippen LogP contribution is -2.13. The summed E-state index contributed by atoms with van der Waals surface area (Å²) in [5.41, 5.74) is 11.5. The first-order chi connectivity index (χ1) is 12.1. The predicted octanol–water partition coefficient (Wildman–Crippen LogP) is 3.25. The summed E-state index contributed by atoms with van der Waals surface area (Å²) in [4.78, 5) is 10.9. The van der Waals surface area contributed by atoms with E-state index < -0.39 is 0 Å². The summed E-state index contributed by atoms with van der Waals surface area (Å²) in [5, 5.41) is 7.48. The first-order valence-electron chi connectivity index (χ1n) is 8.15. The van der Waals surface area contributed by atoms with E-state index >= 15 is 0 Å². The maximum Gasteiger partial charge on any atom is 0.134 e. The van der Waals surface area contributed by atoms with E-state index in [4.69, 9.17) is 11.1 Å². The third kappa shape index (κ3) is 2.98. The molecule has 6 heteroatoms. The van der Waals surface area contributed by atoms with E-state index in [0.717, 1.165) is 34.5 Å². The molecule has 0 aliphatic rings. The minimum Gasteiger partial charge on any atom is -0.404 e. The Balaban J connectivity index is 2.04. The van der Waals surface area contributed by atoms with Crippen molar-refractivity contribution in [1.29, 1.82) is 5.41 Å². The molecule has 0 atom stereocenters. The molecule has 0 aliphatic carbocycles. The number of rotatable bonds is 5. The molecule has 2 aromatic heterocycles. The number of nitrogens with one attached hydrogen (secondary N) is 1. The highest BCUT2D eigenvalue weighted by Gasteiger charge is 2.13. The summed E-state index contributed by atoms with van der Waals surface area (Å²) in [7, 11) is 3.98. The number of hydrogen-bond donors (Lipinski definition) is 2. The molecule has 3 aromatic rings. The molecular weight excluding hydrogens is 312 g/mol. The van der Waals surface area contributed by atoms with Gasteiger partial charge in [0.1, 0.15) is 11.3 Å². The first kappa shape index (κ1) is 16.7. The summed E-state index contributed by atoms with van der Waals surface area (Å²) in [5.74, 6) is 0.861. The van der Waals surface area contributed by atoms with Crippen molar-refractivity contribution in [1.82, 2.24) is 14.5 Å². The Morgan fingerprint density at radius 3 is 2.80 bits per heavy atom. The van der Waals surface area contributed by atoms with Crippen LogP contribution in [-0.2, 0) is 13.5 Å². The summed E-state index contributed by atoms with van der Waals surface area (Å²) >= 11 is 0. The lowest BCUT2D eigenvalue weighted by atomic mass is 10.0. The van der Waals surface area contributed by atoms with Crippen LogP contribution in [0.2, 0.25) is 0 Å². The second-order valence-corrected chi connectivity index (χ2v) is 5.91. The fourth-order valence-corrected chi connectivity index (χ4v) is 2.93. The molecule has 6 nitrogen and oxygen atoms in total. The average molecular weight is 334 g/mol. The fraction of sp³-hybridized carbons (Fsp3) is 0.211. The van der Waals surface area contributed by atoms with Crippen LogP contribution in [0.15, 0.2) is 43.0 Å².